The van der Waals surface area contributed by atoms with E-state index in [-0.39, 0.29) is 36.2 Å². The number of amides is 2. The van der Waals surface area contributed by atoms with E-state index >= 15 is 0 Å². The Morgan fingerprint density at radius 1 is 1.10 bits per heavy atom. The molecule has 0 unspecified atom stereocenters. The molecule has 0 fully saturated rings. The minimum absolute atomic E-state index is 0.0259. The van der Waals surface area contributed by atoms with Gasteiger partial charge in [0.1, 0.15) is 0 Å². The Balaban J connectivity index is 2.01. The first-order valence-electron chi connectivity index (χ1n) is 6.12. The Morgan fingerprint density at radius 3 is 2.40 bits per heavy atom. The fourth-order valence-corrected chi connectivity index (χ4v) is 2.16. The van der Waals surface area contributed by atoms with Gasteiger partial charge in [0.25, 0.3) is 11.8 Å². The summed E-state index contributed by atoms with van der Waals surface area (Å²) in [6.45, 7) is -0.0259. The van der Waals surface area contributed by atoms with E-state index in [2.05, 4.69) is 0 Å². The second-order valence-corrected chi connectivity index (χ2v) is 4.60. The van der Waals surface area contributed by atoms with Crippen LogP contribution in [-0.2, 0) is 0 Å². The fourth-order valence-electron chi connectivity index (χ4n) is 2.16. The predicted molar refractivity (Wildman–Crippen MR) is 66.1 cm³/mol. The number of alkyl halides is 3. The van der Waals surface area contributed by atoms with E-state index in [0.29, 0.717) is 0 Å². The largest absolute Gasteiger partial charge is 0.398 e. The van der Waals surface area contributed by atoms with Crippen LogP contribution < -0.4 is 5.73 Å². The van der Waals surface area contributed by atoms with E-state index in [9.17, 15) is 22.8 Å². The Kier molecular flexibility index (Phi) is 3.69. The third kappa shape index (κ3) is 2.76. The van der Waals surface area contributed by atoms with Crippen molar-refractivity contribution in [3.8, 4) is 0 Å². The van der Waals surface area contributed by atoms with Crippen molar-refractivity contribution in [2.24, 2.45) is 0 Å². The number of fused-ring (bicyclic) bond motifs is 1. The van der Waals surface area contributed by atoms with Crippen molar-refractivity contribution in [3.05, 3.63) is 29.3 Å². The van der Waals surface area contributed by atoms with Crippen molar-refractivity contribution in [1.29, 1.82) is 0 Å². The van der Waals surface area contributed by atoms with E-state index in [0.717, 1.165) is 4.90 Å². The first kappa shape index (κ1) is 14.4. The van der Waals surface area contributed by atoms with Crippen LogP contribution in [0, 0.1) is 0 Å². The molecule has 0 saturated heterocycles. The molecule has 20 heavy (non-hydrogen) atoms. The zero-order valence-corrected chi connectivity index (χ0v) is 10.5. The van der Waals surface area contributed by atoms with Gasteiger partial charge >= 0.3 is 6.18 Å². The summed E-state index contributed by atoms with van der Waals surface area (Å²) in [6, 6.07) is 4.56. The molecule has 1 heterocycles. The number of nitrogen functional groups attached to an aromatic ring is 1. The lowest BCUT2D eigenvalue weighted by Gasteiger charge is -2.14. The Labute approximate surface area is 113 Å². The Morgan fingerprint density at radius 2 is 1.80 bits per heavy atom. The summed E-state index contributed by atoms with van der Waals surface area (Å²) >= 11 is 0. The van der Waals surface area contributed by atoms with E-state index in [1.807, 2.05) is 0 Å². The number of rotatable bonds is 4. The minimum Gasteiger partial charge on any atom is -0.398 e. The highest BCUT2D eigenvalue weighted by Gasteiger charge is 2.36. The molecule has 0 atom stereocenters. The molecular weight excluding hydrogens is 273 g/mol. The van der Waals surface area contributed by atoms with Crippen LogP contribution >= 0.6 is 0 Å². The number of unbranched alkanes of at least 4 members (excludes halogenated alkanes) is 1. The van der Waals surface area contributed by atoms with Crippen molar-refractivity contribution in [2.75, 3.05) is 12.3 Å². The lowest BCUT2D eigenvalue weighted by atomic mass is 10.1. The number of benzene rings is 1. The zero-order valence-electron chi connectivity index (χ0n) is 10.5. The summed E-state index contributed by atoms with van der Waals surface area (Å²) in [5.41, 5.74) is 6.22. The van der Waals surface area contributed by atoms with Crippen molar-refractivity contribution >= 4 is 17.5 Å². The van der Waals surface area contributed by atoms with Crippen LogP contribution in [0.3, 0.4) is 0 Å². The van der Waals surface area contributed by atoms with Crippen molar-refractivity contribution in [2.45, 2.75) is 25.4 Å². The summed E-state index contributed by atoms with van der Waals surface area (Å²) in [5, 5.41) is 0. The van der Waals surface area contributed by atoms with Crippen LogP contribution in [0.5, 0.6) is 0 Å². The van der Waals surface area contributed by atoms with Gasteiger partial charge in [-0.3, -0.25) is 14.5 Å². The molecule has 1 aliphatic rings. The van der Waals surface area contributed by atoms with E-state index in [1.165, 1.54) is 12.1 Å². The maximum atomic E-state index is 12.0. The summed E-state index contributed by atoms with van der Waals surface area (Å²) in [4.78, 5) is 25.0. The third-order valence-electron chi connectivity index (χ3n) is 3.12. The second-order valence-electron chi connectivity index (χ2n) is 4.60. The average molecular weight is 286 g/mol. The zero-order chi connectivity index (χ0) is 14.9. The number of nitrogens with two attached hydrogens (primary N) is 1. The van der Waals surface area contributed by atoms with Crippen LogP contribution in [0.4, 0.5) is 18.9 Å². The standard InChI is InChI=1S/C13H13F3N2O2/c14-13(15,16)6-1-2-7-18-11(19)8-4-3-5-9(17)10(8)12(18)20/h3-5H,1-2,6-7,17H2. The number of halogens is 3. The van der Waals surface area contributed by atoms with Crippen molar-refractivity contribution in [1.82, 2.24) is 4.90 Å². The van der Waals surface area contributed by atoms with Gasteiger partial charge in [-0.15, -0.1) is 0 Å². The molecule has 7 heteroatoms. The monoisotopic (exact) mass is 286 g/mol. The molecule has 0 aliphatic carbocycles. The van der Waals surface area contributed by atoms with Gasteiger partial charge in [0.2, 0.25) is 0 Å². The van der Waals surface area contributed by atoms with Crippen LogP contribution in [-0.4, -0.2) is 29.4 Å². The normalized spacial score (nSPS) is 14.8. The van der Waals surface area contributed by atoms with Gasteiger partial charge in [0.05, 0.1) is 11.1 Å². The highest BCUT2D eigenvalue weighted by atomic mass is 19.4. The predicted octanol–water partition coefficient (Wildman–Crippen LogP) is 2.60. The quantitative estimate of drug-likeness (QED) is 0.525. The van der Waals surface area contributed by atoms with Gasteiger partial charge in [-0.05, 0) is 25.0 Å². The number of imide groups is 1. The van der Waals surface area contributed by atoms with Crippen molar-refractivity contribution < 1.29 is 22.8 Å². The maximum absolute atomic E-state index is 12.0. The van der Waals surface area contributed by atoms with E-state index in [1.54, 1.807) is 6.07 Å². The van der Waals surface area contributed by atoms with Crippen LogP contribution in [0.2, 0.25) is 0 Å². The SMILES string of the molecule is Nc1cccc2c1C(=O)N(CCCCC(F)(F)F)C2=O. The molecule has 2 rings (SSSR count). The highest BCUT2D eigenvalue weighted by molar-refractivity contribution is 6.23. The summed E-state index contributed by atoms with van der Waals surface area (Å²) in [6.07, 6.45) is -5.14. The van der Waals surface area contributed by atoms with Gasteiger partial charge in [0, 0.05) is 18.7 Å². The van der Waals surface area contributed by atoms with Gasteiger partial charge in [0.15, 0.2) is 0 Å². The number of carbonyl (C=O) groups is 2. The smallest absolute Gasteiger partial charge is 0.389 e. The molecule has 0 bridgehead atoms. The molecule has 2 amide bonds. The number of hydrogen-bond donors (Lipinski definition) is 1. The van der Waals surface area contributed by atoms with Gasteiger partial charge < -0.3 is 5.73 Å². The molecule has 0 saturated carbocycles. The van der Waals surface area contributed by atoms with Crippen LogP contribution in [0.25, 0.3) is 0 Å². The molecule has 1 aromatic carbocycles. The highest BCUT2D eigenvalue weighted by Crippen LogP contribution is 2.28. The number of hydrogen-bond acceptors (Lipinski definition) is 3. The summed E-state index contributed by atoms with van der Waals surface area (Å²) < 4.78 is 36.0. The molecule has 2 N–H and O–H groups in total. The molecule has 1 aliphatic heterocycles. The van der Waals surface area contributed by atoms with Crippen molar-refractivity contribution in [3.63, 3.8) is 0 Å². The topological polar surface area (TPSA) is 63.4 Å². The summed E-state index contributed by atoms with van der Waals surface area (Å²) in [7, 11) is 0. The lowest BCUT2D eigenvalue weighted by molar-refractivity contribution is -0.135. The molecule has 4 nitrogen and oxygen atoms in total. The van der Waals surface area contributed by atoms with Crippen LogP contribution in [0.1, 0.15) is 40.0 Å². The lowest BCUT2D eigenvalue weighted by Crippen LogP contribution is -2.31. The average Bonchev–Trinajstić information content (AvgIpc) is 2.59. The first-order valence-corrected chi connectivity index (χ1v) is 6.12. The Hall–Kier alpha value is -2.05. The molecule has 0 spiro atoms. The van der Waals surface area contributed by atoms with Gasteiger partial charge in [-0.2, -0.15) is 13.2 Å². The number of carbonyl (C=O) groups excluding carboxylic acids is 2. The van der Waals surface area contributed by atoms with E-state index < -0.39 is 24.4 Å². The van der Waals surface area contributed by atoms with Gasteiger partial charge in [-0.25, -0.2) is 0 Å². The van der Waals surface area contributed by atoms with Crippen LogP contribution in [0.15, 0.2) is 18.2 Å². The summed E-state index contributed by atoms with van der Waals surface area (Å²) in [5.74, 6) is -1.03. The molecule has 1 aromatic rings. The molecule has 108 valence electrons. The fraction of sp³-hybridized carbons (Fsp3) is 0.385. The second kappa shape index (κ2) is 5.15. The first-order chi connectivity index (χ1) is 9.31. The molecular formula is C13H13F3N2O2. The molecule has 0 radical (unpaired) electrons. The van der Waals surface area contributed by atoms with Gasteiger partial charge in [-0.1, -0.05) is 6.07 Å². The molecule has 0 aromatic heterocycles. The number of nitrogens with zero attached hydrogens (tertiary/aromatic N) is 1. The van der Waals surface area contributed by atoms with E-state index in [4.69, 9.17) is 5.73 Å². The maximum Gasteiger partial charge on any atom is 0.389 e. The number of anilines is 1. The minimum atomic E-state index is -4.22. The third-order valence-corrected chi connectivity index (χ3v) is 3.12. The Bertz CT molecular complexity index is 555.